The first-order chi connectivity index (χ1) is 19.6. The van der Waals surface area contributed by atoms with Crippen molar-refractivity contribution < 1.29 is 45.1 Å². The van der Waals surface area contributed by atoms with Crippen LogP contribution in [0.15, 0.2) is 59.1 Å². The van der Waals surface area contributed by atoms with Crippen LogP contribution in [0.5, 0.6) is 5.75 Å². The Balaban J connectivity index is 1.70. The number of nitrogens with one attached hydrogen (secondary N) is 1. The molecule has 0 aliphatic heterocycles. The first-order valence-corrected chi connectivity index (χ1v) is 13.4. The van der Waals surface area contributed by atoms with Gasteiger partial charge < -0.3 is 15.0 Å². The predicted molar refractivity (Wildman–Crippen MR) is 145 cm³/mol. The predicted octanol–water partition coefficient (Wildman–Crippen LogP) is 8.55. The lowest BCUT2D eigenvalue weighted by Crippen LogP contribution is -2.35. The molecule has 0 bridgehead atoms. The van der Waals surface area contributed by atoms with Crippen molar-refractivity contribution in [1.29, 1.82) is 0 Å². The molecule has 0 aromatic heterocycles. The second-order valence-electron chi connectivity index (χ2n) is 10.0. The summed E-state index contributed by atoms with van der Waals surface area (Å²) in [5.41, 5.74) is -5.19. The lowest BCUT2D eigenvalue weighted by Gasteiger charge is -2.26. The standard InChI is InChI=1S/C29H24BrF7N2O3/c1-15-6-10-17(11-7-15)26(41)39(14-16-8-9-16)21-5-3-4-19(23(21)31)25(40)38-24-20(30)12-18(13-22(24)42-27(32)33)28(2,34)29(35,36)37/h3-7,10-13,16,27H,8-9,14H2,1-2H3,(H,38,40). The van der Waals surface area contributed by atoms with Gasteiger partial charge in [0.15, 0.2) is 11.6 Å². The third-order valence-electron chi connectivity index (χ3n) is 6.78. The number of alkyl halides is 6. The van der Waals surface area contributed by atoms with E-state index in [1.807, 2.05) is 6.92 Å². The maximum atomic E-state index is 15.9. The molecule has 1 fully saturated rings. The first-order valence-electron chi connectivity index (χ1n) is 12.6. The largest absolute Gasteiger partial charge is 0.433 e. The van der Waals surface area contributed by atoms with E-state index >= 15 is 4.39 Å². The van der Waals surface area contributed by atoms with Gasteiger partial charge in [-0.2, -0.15) is 22.0 Å². The number of halogens is 8. The van der Waals surface area contributed by atoms with E-state index in [4.69, 9.17) is 0 Å². The zero-order chi connectivity index (χ0) is 31.0. The van der Waals surface area contributed by atoms with Crippen LogP contribution in [0.1, 0.15) is 51.6 Å². The maximum Gasteiger partial charge on any atom is 0.426 e. The van der Waals surface area contributed by atoms with Crippen molar-refractivity contribution in [2.45, 2.75) is 45.1 Å². The number of amides is 2. The highest BCUT2D eigenvalue weighted by Gasteiger charge is 2.54. The number of rotatable bonds is 9. The summed E-state index contributed by atoms with van der Waals surface area (Å²) in [6.07, 6.45) is -3.73. The van der Waals surface area contributed by atoms with E-state index in [9.17, 15) is 35.9 Å². The lowest BCUT2D eigenvalue weighted by atomic mass is 9.96. The molecule has 5 nitrogen and oxygen atoms in total. The molecule has 3 aromatic rings. The van der Waals surface area contributed by atoms with Crippen molar-refractivity contribution in [2.75, 3.05) is 16.8 Å². The van der Waals surface area contributed by atoms with Gasteiger partial charge in [-0.05, 0) is 84.9 Å². The summed E-state index contributed by atoms with van der Waals surface area (Å²) >= 11 is 2.87. The van der Waals surface area contributed by atoms with Crippen LogP contribution >= 0.6 is 15.9 Å². The van der Waals surface area contributed by atoms with Crippen LogP contribution in [0.3, 0.4) is 0 Å². The molecule has 1 unspecified atom stereocenters. The van der Waals surface area contributed by atoms with Gasteiger partial charge in [0.05, 0.1) is 16.9 Å². The second-order valence-corrected chi connectivity index (χ2v) is 10.9. The van der Waals surface area contributed by atoms with Crippen LogP contribution in [-0.2, 0) is 5.67 Å². The number of aryl methyl sites for hydroxylation is 1. The number of benzene rings is 3. The highest BCUT2D eigenvalue weighted by atomic mass is 79.9. The topological polar surface area (TPSA) is 58.6 Å². The number of hydrogen-bond donors (Lipinski definition) is 1. The monoisotopic (exact) mass is 660 g/mol. The first kappa shape index (κ1) is 31.3. The van der Waals surface area contributed by atoms with Gasteiger partial charge in [0.1, 0.15) is 0 Å². The van der Waals surface area contributed by atoms with E-state index in [0.717, 1.165) is 24.5 Å². The molecule has 13 heteroatoms. The van der Waals surface area contributed by atoms with Crippen molar-refractivity contribution in [3.05, 3.63) is 87.1 Å². The minimum atomic E-state index is -5.40. The van der Waals surface area contributed by atoms with Gasteiger partial charge in [-0.1, -0.05) is 23.8 Å². The Bertz CT molecular complexity index is 1490. The number of carbonyl (C=O) groups is 2. The molecule has 4 rings (SSSR count). The van der Waals surface area contributed by atoms with Crippen LogP contribution in [-0.4, -0.2) is 31.1 Å². The number of nitrogens with zero attached hydrogens (tertiary/aromatic N) is 1. The van der Waals surface area contributed by atoms with E-state index < -0.39 is 63.1 Å². The summed E-state index contributed by atoms with van der Waals surface area (Å²) in [7, 11) is 0. The van der Waals surface area contributed by atoms with E-state index in [2.05, 4.69) is 26.0 Å². The fraction of sp³-hybridized carbons (Fsp3) is 0.310. The Kier molecular flexibility index (Phi) is 8.91. The van der Waals surface area contributed by atoms with E-state index in [1.54, 1.807) is 24.3 Å². The molecular formula is C29H24BrF7N2O3. The molecule has 2 amide bonds. The molecule has 0 heterocycles. The fourth-order valence-electron chi connectivity index (χ4n) is 4.11. The molecule has 1 aliphatic rings. The molecule has 1 aliphatic carbocycles. The molecule has 0 radical (unpaired) electrons. The van der Waals surface area contributed by atoms with Crippen molar-refractivity contribution in [2.24, 2.45) is 5.92 Å². The molecular weight excluding hydrogens is 637 g/mol. The molecule has 3 aromatic carbocycles. The van der Waals surface area contributed by atoms with Gasteiger partial charge in [0.2, 0.25) is 5.67 Å². The van der Waals surface area contributed by atoms with Crippen LogP contribution in [0.4, 0.5) is 42.1 Å². The van der Waals surface area contributed by atoms with Gasteiger partial charge in [0.25, 0.3) is 11.8 Å². The second kappa shape index (κ2) is 11.9. The number of hydrogen-bond acceptors (Lipinski definition) is 3. The smallest absolute Gasteiger partial charge is 0.426 e. The summed E-state index contributed by atoms with van der Waals surface area (Å²) < 4.78 is 100. The lowest BCUT2D eigenvalue weighted by molar-refractivity contribution is -0.228. The number of carbonyl (C=O) groups excluding carboxylic acids is 2. The summed E-state index contributed by atoms with van der Waals surface area (Å²) in [5, 5.41) is 2.15. The molecule has 0 saturated heterocycles. The minimum Gasteiger partial charge on any atom is -0.433 e. The van der Waals surface area contributed by atoms with Crippen molar-refractivity contribution in [3.8, 4) is 5.75 Å². The average molecular weight is 661 g/mol. The van der Waals surface area contributed by atoms with E-state index in [0.29, 0.717) is 17.7 Å². The summed E-state index contributed by atoms with van der Waals surface area (Å²) in [6, 6.07) is 11.4. The van der Waals surface area contributed by atoms with Crippen molar-refractivity contribution in [1.82, 2.24) is 0 Å². The molecule has 1 saturated carbocycles. The van der Waals surface area contributed by atoms with Crippen molar-refractivity contribution in [3.63, 3.8) is 0 Å². The minimum absolute atomic E-state index is 0.137. The SMILES string of the molecule is Cc1ccc(C(=O)N(CC2CC2)c2cccc(C(=O)Nc3c(Br)cc(C(C)(F)C(F)(F)F)cc3OC(F)F)c2F)cc1. The quantitative estimate of drug-likeness (QED) is 0.234. The molecule has 224 valence electrons. The van der Waals surface area contributed by atoms with Gasteiger partial charge in [-0.15, -0.1) is 0 Å². The maximum absolute atomic E-state index is 15.9. The van der Waals surface area contributed by atoms with Gasteiger partial charge in [0, 0.05) is 22.1 Å². The van der Waals surface area contributed by atoms with Gasteiger partial charge in [-0.3, -0.25) is 9.59 Å². The zero-order valence-electron chi connectivity index (χ0n) is 22.2. The Labute approximate surface area is 244 Å². The Hall–Kier alpha value is -3.61. The number of anilines is 2. The van der Waals surface area contributed by atoms with Crippen LogP contribution in [0.25, 0.3) is 0 Å². The Morgan fingerprint density at radius 3 is 2.29 bits per heavy atom. The zero-order valence-corrected chi connectivity index (χ0v) is 23.8. The third-order valence-corrected chi connectivity index (χ3v) is 7.40. The summed E-state index contributed by atoms with van der Waals surface area (Å²) in [6.45, 7) is -1.32. The molecule has 1 atom stereocenters. The van der Waals surface area contributed by atoms with Crippen LogP contribution in [0.2, 0.25) is 0 Å². The average Bonchev–Trinajstić information content (AvgIpc) is 3.72. The summed E-state index contributed by atoms with van der Waals surface area (Å²) in [4.78, 5) is 27.8. The van der Waals surface area contributed by atoms with E-state index in [-0.39, 0.29) is 25.1 Å². The summed E-state index contributed by atoms with van der Waals surface area (Å²) in [5.74, 6) is -3.62. The molecule has 1 N–H and O–H groups in total. The molecule has 0 spiro atoms. The molecule has 42 heavy (non-hydrogen) atoms. The van der Waals surface area contributed by atoms with Crippen LogP contribution in [0, 0.1) is 18.7 Å². The Morgan fingerprint density at radius 2 is 1.71 bits per heavy atom. The normalized spacial score (nSPS) is 14.8. The van der Waals surface area contributed by atoms with E-state index in [1.165, 1.54) is 17.0 Å². The van der Waals surface area contributed by atoms with Gasteiger partial charge in [-0.25, -0.2) is 8.78 Å². The van der Waals surface area contributed by atoms with Gasteiger partial charge >= 0.3 is 12.8 Å². The van der Waals surface area contributed by atoms with Crippen LogP contribution < -0.4 is 15.0 Å². The highest BCUT2D eigenvalue weighted by Crippen LogP contribution is 2.46. The Morgan fingerprint density at radius 1 is 1.07 bits per heavy atom. The van der Waals surface area contributed by atoms with Crippen molar-refractivity contribution >= 4 is 39.1 Å². The fourth-order valence-corrected chi connectivity index (χ4v) is 4.65. The number of ether oxygens (including phenoxy) is 1. The highest BCUT2D eigenvalue weighted by molar-refractivity contribution is 9.10. The third kappa shape index (κ3) is 6.71.